The molecule has 0 unspecified atom stereocenters. The highest BCUT2D eigenvalue weighted by Crippen LogP contribution is 2.28. The molecule has 7 nitrogen and oxygen atoms in total. The maximum atomic E-state index is 11.7. The average Bonchev–Trinajstić information content (AvgIpc) is 2.64. The van der Waals surface area contributed by atoms with Gasteiger partial charge >= 0.3 is 5.69 Å². The Balaban J connectivity index is 2.21. The fourth-order valence-electron chi connectivity index (χ4n) is 1.96. The van der Waals surface area contributed by atoms with Crippen LogP contribution in [0.1, 0.15) is 13.2 Å². The molecule has 1 aliphatic heterocycles. The molecular formula is C11H16N2O5S. The topological polar surface area (TPSA) is 96.7 Å². The number of hydrogen-bond donors (Lipinski definition) is 3. The molecule has 8 heteroatoms. The van der Waals surface area contributed by atoms with E-state index >= 15 is 0 Å². The molecular weight excluding hydrogens is 272 g/mol. The molecule has 4 atom stereocenters. The lowest BCUT2D eigenvalue weighted by Gasteiger charge is -2.16. The summed E-state index contributed by atoms with van der Waals surface area (Å²) in [5.74, 6) is 0. The van der Waals surface area contributed by atoms with Crippen LogP contribution in [-0.2, 0) is 9.47 Å². The fourth-order valence-corrected chi connectivity index (χ4v) is 2.11. The van der Waals surface area contributed by atoms with Crippen LogP contribution in [0.2, 0.25) is 0 Å². The van der Waals surface area contributed by atoms with E-state index in [9.17, 15) is 15.0 Å². The van der Waals surface area contributed by atoms with Crippen molar-refractivity contribution in [3.63, 3.8) is 0 Å². The van der Waals surface area contributed by atoms with Gasteiger partial charge in [-0.3, -0.25) is 9.55 Å². The van der Waals surface area contributed by atoms with Gasteiger partial charge in [0.2, 0.25) is 0 Å². The first kappa shape index (κ1) is 14.4. The number of nitrogens with zero attached hydrogens (tertiary/aromatic N) is 1. The maximum Gasteiger partial charge on any atom is 0.328 e. The van der Waals surface area contributed by atoms with Gasteiger partial charge in [-0.15, -0.1) is 0 Å². The molecule has 2 heterocycles. The van der Waals surface area contributed by atoms with Crippen LogP contribution in [0, 0.1) is 4.64 Å². The van der Waals surface area contributed by atoms with Crippen LogP contribution < -0.4 is 5.69 Å². The third-order valence-corrected chi connectivity index (χ3v) is 3.19. The zero-order valence-electron chi connectivity index (χ0n) is 10.4. The lowest BCUT2D eigenvalue weighted by atomic mass is 10.1. The first-order chi connectivity index (χ1) is 9.04. The zero-order chi connectivity index (χ0) is 14.0. The number of hydrogen-bond acceptors (Lipinski definition) is 6. The van der Waals surface area contributed by atoms with Gasteiger partial charge in [0.05, 0.1) is 6.61 Å². The van der Waals surface area contributed by atoms with Gasteiger partial charge in [-0.05, 0) is 13.0 Å². The minimum atomic E-state index is -1.20. The number of aromatic amines is 1. The predicted molar refractivity (Wildman–Crippen MR) is 68.3 cm³/mol. The van der Waals surface area contributed by atoms with Gasteiger partial charge in [0.25, 0.3) is 0 Å². The highest BCUT2D eigenvalue weighted by atomic mass is 32.1. The molecule has 1 aromatic rings. The van der Waals surface area contributed by atoms with Gasteiger partial charge in [0.1, 0.15) is 23.0 Å². The van der Waals surface area contributed by atoms with E-state index in [4.69, 9.17) is 21.7 Å². The van der Waals surface area contributed by atoms with Gasteiger partial charge in [0, 0.05) is 12.8 Å². The van der Waals surface area contributed by atoms with Crippen LogP contribution in [0.5, 0.6) is 0 Å². The van der Waals surface area contributed by atoms with E-state index in [0.29, 0.717) is 11.2 Å². The molecule has 0 saturated carbocycles. The van der Waals surface area contributed by atoms with Gasteiger partial charge in [-0.1, -0.05) is 12.2 Å². The lowest BCUT2D eigenvalue weighted by molar-refractivity contribution is -0.0668. The molecule has 0 aliphatic carbocycles. The summed E-state index contributed by atoms with van der Waals surface area (Å²) in [7, 11) is 0. The van der Waals surface area contributed by atoms with E-state index in [1.807, 2.05) is 6.92 Å². The Hall–Kier alpha value is -1.06. The molecule has 0 radical (unpaired) electrons. The minimum absolute atomic E-state index is 0.156. The van der Waals surface area contributed by atoms with Crippen molar-refractivity contribution in [1.82, 2.24) is 9.55 Å². The summed E-state index contributed by atoms with van der Waals surface area (Å²) in [5.41, 5.74) is -0.499. The minimum Gasteiger partial charge on any atom is -0.387 e. The molecule has 19 heavy (non-hydrogen) atoms. The standard InChI is InChI=1S/C11H16N2O5S/c1-2-17-5-6-8(14)9(15)10(18-6)13-4-3-7(19)12-11(13)16/h3-4,6,8-10,14-15H,2,5H2,1H3,(H,12,16,19)/t6-,8-,9-,10-/m1/s1. The number of rotatable bonds is 4. The summed E-state index contributed by atoms with van der Waals surface area (Å²) in [6, 6.07) is 1.51. The van der Waals surface area contributed by atoms with E-state index < -0.39 is 30.2 Å². The molecule has 0 spiro atoms. The van der Waals surface area contributed by atoms with Gasteiger partial charge in [0.15, 0.2) is 6.23 Å². The predicted octanol–water partition coefficient (Wildman–Crippen LogP) is -0.438. The summed E-state index contributed by atoms with van der Waals surface area (Å²) < 4.78 is 12.1. The normalized spacial score (nSPS) is 30.7. The Bertz CT molecular complexity index is 542. The van der Waals surface area contributed by atoms with Crippen molar-refractivity contribution >= 4 is 12.2 Å². The highest BCUT2D eigenvalue weighted by Gasteiger charge is 2.43. The first-order valence-corrected chi connectivity index (χ1v) is 6.36. The molecule has 1 saturated heterocycles. The molecule has 0 bridgehead atoms. The lowest BCUT2D eigenvalue weighted by Crippen LogP contribution is -2.36. The second-order valence-electron chi connectivity index (χ2n) is 4.22. The smallest absolute Gasteiger partial charge is 0.328 e. The molecule has 3 N–H and O–H groups in total. The monoisotopic (exact) mass is 288 g/mol. The zero-order valence-corrected chi connectivity index (χ0v) is 11.2. The van der Waals surface area contributed by atoms with Crippen LogP contribution in [0.25, 0.3) is 0 Å². The van der Waals surface area contributed by atoms with Gasteiger partial charge in [-0.25, -0.2) is 4.79 Å². The van der Waals surface area contributed by atoms with Crippen molar-refractivity contribution in [3.8, 4) is 0 Å². The third-order valence-electron chi connectivity index (χ3n) is 2.95. The van der Waals surface area contributed by atoms with Crippen molar-refractivity contribution in [1.29, 1.82) is 0 Å². The van der Waals surface area contributed by atoms with Crippen LogP contribution in [0.3, 0.4) is 0 Å². The molecule has 106 valence electrons. The van der Waals surface area contributed by atoms with Crippen molar-refractivity contribution in [2.75, 3.05) is 13.2 Å². The van der Waals surface area contributed by atoms with E-state index in [0.717, 1.165) is 4.57 Å². The summed E-state index contributed by atoms with van der Waals surface area (Å²) >= 11 is 4.83. The average molecular weight is 288 g/mol. The number of nitrogens with one attached hydrogen (secondary N) is 1. The third kappa shape index (κ3) is 2.93. The second-order valence-corrected chi connectivity index (χ2v) is 4.66. The van der Waals surface area contributed by atoms with E-state index in [2.05, 4.69) is 4.98 Å². The molecule has 1 aliphatic rings. The molecule has 2 rings (SSSR count). The van der Waals surface area contributed by atoms with Crippen LogP contribution in [-0.4, -0.2) is 51.3 Å². The van der Waals surface area contributed by atoms with Crippen molar-refractivity contribution < 1.29 is 19.7 Å². The maximum absolute atomic E-state index is 11.7. The number of aromatic nitrogens is 2. The number of aliphatic hydroxyl groups is 2. The van der Waals surface area contributed by atoms with Crippen molar-refractivity contribution in [2.24, 2.45) is 0 Å². The largest absolute Gasteiger partial charge is 0.387 e. The van der Waals surface area contributed by atoms with E-state index in [-0.39, 0.29) is 6.61 Å². The van der Waals surface area contributed by atoms with Crippen molar-refractivity contribution in [3.05, 3.63) is 27.4 Å². The highest BCUT2D eigenvalue weighted by molar-refractivity contribution is 7.71. The van der Waals surface area contributed by atoms with Crippen molar-refractivity contribution in [2.45, 2.75) is 31.5 Å². The quantitative estimate of drug-likeness (QED) is 0.650. The van der Waals surface area contributed by atoms with E-state index in [1.54, 1.807) is 0 Å². The molecule has 1 fully saturated rings. The Morgan fingerprint density at radius 3 is 2.89 bits per heavy atom. The van der Waals surface area contributed by atoms with E-state index in [1.165, 1.54) is 12.3 Å². The first-order valence-electron chi connectivity index (χ1n) is 5.95. The molecule has 0 aromatic carbocycles. The van der Waals surface area contributed by atoms with Gasteiger partial charge < -0.3 is 19.7 Å². The van der Waals surface area contributed by atoms with Crippen LogP contribution in [0.4, 0.5) is 0 Å². The summed E-state index contributed by atoms with van der Waals surface area (Å²) in [5, 5.41) is 19.8. The Kier molecular flexibility index (Phi) is 4.48. The number of ether oxygens (including phenoxy) is 2. The second kappa shape index (κ2) is 5.93. The molecule has 0 amide bonds. The summed E-state index contributed by atoms with van der Waals surface area (Å²) in [6.07, 6.45) is -2.51. The fraction of sp³-hybridized carbons (Fsp3) is 0.636. The summed E-state index contributed by atoms with van der Waals surface area (Å²) in [4.78, 5) is 14.2. The summed E-state index contributed by atoms with van der Waals surface area (Å²) in [6.45, 7) is 2.45. The van der Waals surface area contributed by atoms with Gasteiger partial charge in [-0.2, -0.15) is 0 Å². The Morgan fingerprint density at radius 1 is 1.53 bits per heavy atom. The number of H-pyrrole nitrogens is 1. The Morgan fingerprint density at radius 2 is 2.26 bits per heavy atom. The number of aliphatic hydroxyl groups excluding tert-OH is 2. The Labute approximate surface area is 114 Å². The van der Waals surface area contributed by atoms with Crippen LogP contribution >= 0.6 is 12.2 Å². The molecule has 1 aromatic heterocycles. The SMILES string of the molecule is CCOC[C@H]1O[C@@H](n2ccc(=S)[nH]c2=O)[C@H](O)[C@@H]1O. The van der Waals surface area contributed by atoms with Crippen LogP contribution in [0.15, 0.2) is 17.1 Å².